The van der Waals surface area contributed by atoms with Crippen LogP contribution >= 0.6 is 0 Å². The van der Waals surface area contributed by atoms with Gasteiger partial charge in [0.2, 0.25) is 5.91 Å². The van der Waals surface area contributed by atoms with Crippen molar-refractivity contribution in [3.8, 4) is 0 Å². The molecular formula is C13H17N3O2. The van der Waals surface area contributed by atoms with E-state index in [1.807, 2.05) is 31.2 Å². The summed E-state index contributed by atoms with van der Waals surface area (Å²) in [7, 11) is 0. The van der Waals surface area contributed by atoms with Crippen LogP contribution in [-0.2, 0) is 11.3 Å². The standard InChI is InChI=1S/C13H17N3O2/c1-2-10(8-17)15-13(18)7-16-9-14-11-5-3-4-6-12(11)16/h3-6,9-10,17H,2,7-8H2,1H3,(H,15,18)/t10-/m0/s1. The van der Waals surface area contributed by atoms with Gasteiger partial charge in [-0.3, -0.25) is 4.79 Å². The highest BCUT2D eigenvalue weighted by Gasteiger charge is 2.10. The van der Waals surface area contributed by atoms with Crippen molar-refractivity contribution in [2.45, 2.75) is 25.9 Å². The second-order valence-corrected chi connectivity index (χ2v) is 4.22. The molecule has 2 rings (SSSR count). The molecule has 2 N–H and O–H groups in total. The molecule has 0 bridgehead atoms. The van der Waals surface area contributed by atoms with Crippen molar-refractivity contribution in [2.24, 2.45) is 0 Å². The van der Waals surface area contributed by atoms with E-state index in [4.69, 9.17) is 5.11 Å². The van der Waals surface area contributed by atoms with Gasteiger partial charge in [0, 0.05) is 0 Å². The highest BCUT2D eigenvalue weighted by atomic mass is 16.3. The van der Waals surface area contributed by atoms with Crippen molar-refractivity contribution in [2.75, 3.05) is 6.61 Å². The fourth-order valence-electron chi connectivity index (χ4n) is 1.84. The van der Waals surface area contributed by atoms with Gasteiger partial charge in [-0.05, 0) is 18.6 Å². The number of hydrogen-bond donors (Lipinski definition) is 2. The van der Waals surface area contributed by atoms with Crippen molar-refractivity contribution in [3.05, 3.63) is 30.6 Å². The number of amides is 1. The van der Waals surface area contributed by atoms with Gasteiger partial charge in [-0.1, -0.05) is 19.1 Å². The lowest BCUT2D eigenvalue weighted by Gasteiger charge is -2.14. The number of carbonyl (C=O) groups excluding carboxylic acids is 1. The monoisotopic (exact) mass is 247 g/mol. The Morgan fingerprint density at radius 1 is 1.50 bits per heavy atom. The van der Waals surface area contributed by atoms with Crippen LogP contribution in [0, 0.1) is 0 Å². The second-order valence-electron chi connectivity index (χ2n) is 4.22. The van der Waals surface area contributed by atoms with Gasteiger partial charge >= 0.3 is 0 Å². The molecule has 0 aliphatic carbocycles. The van der Waals surface area contributed by atoms with Gasteiger partial charge in [0.15, 0.2) is 0 Å². The van der Waals surface area contributed by atoms with Gasteiger partial charge in [-0.25, -0.2) is 4.98 Å². The summed E-state index contributed by atoms with van der Waals surface area (Å²) in [6.45, 7) is 2.11. The molecule has 0 saturated heterocycles. The van der Waals surface area contributed by atoms with Crippen molar-refractivity contribution in [1.82, 2.24) is 14.9 Å². The predicted molar refractivity (Wildman–Crippen MR) is 69.0 cm³/mol. The first-order chi connectivity index (χ1) is 8.74. The number of fused-ring (bicyclic) bond motifs is 1. The summed E-state index contributed by atoms with van der Waals surface area (Å²) in [6.07, 6.45) is 2.37. The van der Waals surface area contributed by atoms with Crippen molar-refractivity contribution in [1.29, 1.82) is 0 Å². The minimum Gasteiger partial charge on any atom is -0.394 e. The smallest absolute Gasteiger partial charge is 0.240 e. The van der Waals surface area contributed by atoms with Crippen LogP contribution in [0.4, 0.5) is 0 Å². The molecule has 5 nitrogen and oxygen atoms in total. The SMILES string of the molecule is CC[C@@H](CO)NC(=O)Cn1cnc2ccccc21. The summed E-state index contributed by atoms with van der Waals surface area (Å²) in [5.74, 6) is -0.112. The number of hydrogen-bond acceptors (Lipinski definition) is 3. The van der Waals surface area contributed by atoms with E-state index < -0.39 is 0 Å². The molecule has 1 heterocycles. The molecule has 0 aliphatic rings. The van der Waals surface area contributed by atoms with Crippen LogP contribution in [0.15, 0.2) is 30.6 Å². The van der Waals surface area contributed by atoms with Crippen LogP contribution < -0.4 is 5.32 Å². The van der Waals surface area contributed by atoms with Gasteiger partial charge in [-0.15, -0.1) is 0 Å². The molecule has 5 heteroatoms. The number of aliphatic hydroxyl groups is 1. The lowest BCUT2D eigenvalue weighted by molar-refractivity contribution is -0.122. The maximum absolute atomic E-state index is 11.8. The van der Waals surface area contributed by atoms with Crippen molar-refractivity contribution >= 4 is 16.9 Å². The molecule has 2 aromatic rings. The highest BCUT2D eigenvalue weighted by Crippen LogP contribution is 2.11. The summed E-state index contributed by atoms with van der Waals surface area (Å²) in [4.78, 5) is 16.0. The van der Waals surface area contributed by atoms with Crippen LogP contribution in [0.1, 0.15) is 13.3 Å². The molecule has 0 fully saturated rings. The summed E-state index contributed by atoms with van der Waals surface area (Å²) in [5, 5.41) is 11.8. The number of nitrogens with one attached hydrogen (secondary N) is 1. The van der Waals surface area contributed by atoms with E-state index in [0.29, 0.717) is 6.42 Å². The Hall–Kier alpha value is -1.88. The zero-order chi connectivity index (χ0) is 13.0. The van der Waals surface area contributed by atoms with Crippen molar-refractivity contribution < 1.29 is 9.90 Å². The Balaban J connectivity index is 2.07. The van der Waals surface area contributed by atoms with E-state index in [1.165, 1.54) is 0 Å². The molecule has 1 amide bonds. The lowest BCUT2D eigenvalue weighted by Crippen LogP contribution is -2.38. The average Bonchev–Trinajstić information content (AvgIpc) is 2.79. The first-order valence-electron chi connectivity index (χ1n) is 6.04. The fourth-order valence-corrected chi connectivity index (χ4v) is 1.84. The van der Waals surface area contributed by atoms with E-state index in [2.05, 4.69) is 10.3 Å². The normalized spacial score (nSPS) is 12.6. The topological polar surface area (TPSA) is 67.2 Å². The Morgan fingerprint density at radius 2 is 2.28 bits per heavy atom. The molecule has 96 valence electrons. The molecule has 0 saturated carbocycles. The third-order valence-electron chi connectivity index (χ3n) is 2.92. The average molecular weight is 247 g/mol. The second kappa shape index (κ2) is 5.64. The summed E-state index contributed by atoms with van der Waals surface area (Å²) in [6, 6.07) is 7.50. The maximum atomic E-state index is 11.8. The highest BCUT2D eigenvalue weighted by molar-refractivity contribution is 5.80. The van der Waals surface area contributed by atoms with Gasteiger partial charge in [-0.2, -0.15) is 0 Å². The molecule has 1 atom stereocenters. The first-order valence-corrected chi connectivity index (χ1v) is 6.04. The molecule has 1 aromatic heterocycles. The number of nitrogens with zero attached hydrogens (tertiary/aromatic N) is 2. The fraction of sp³-hybridized carbons (Fsp3) is 0.385. The number of rotatable bonds is 5. The Labute approximate surface area is 105 Å². The van der Waals surface area contributed by atoms with Crippen LogP contribution in [-0.4, -0.2) is 33.2 Å². The van der Waals surface area contributed by atoms with Crippen LogP contribution in [0.5, 0.6) is 0 Å². The number of aliphatic hydroxyl groups excluding tert-OH is 1. The Morgan fingerprint density at radius 3 is 3.00 bits per heavy atom. The molecule has 0 radical (unpaired) electrons. The molecule has 0 unspecified atom stereocenters. The Bertz CT molecular complexity index is 532. The third-order valence-corrected chi connectivity index (χ3v) is 2.92. The van der Waals surface area contributed by atoms with Gasteiger partial charge in [0.1, 0.15) is 6.54 Å². The quantitative estimate of drug-likeness (QED) is 0.825. The Kier molecular flexibility index (Phi) is 3.94. The van der Waals surface area contributed by atoms with Gasteiger partial charge < -0.3 is 15.0 Å². The van der Waals surface area contributed by atoms with Gasteiger partial charge in [0.25, 0.3) is 0 Å². The molecule has 1 aromatic carbocycles. The first kappa shape index (κ1) is 12.6. The number of imidazole rings is 1. The summed E-state index contributed by atoms with van der Waals surface area (Å²) in [5.41, 5.74) is 1.81. The van der Waals surface area contributed by atoms with Gasteiger partial charge in [0.05, 0.1) is 30.0 Å². The van der Waals surface area contributed by atoms with Crippen LogP contribution in [0.3, 0.4) is 0 Å². The van der Waals surface area contributed by atoms with E-state index >= 15 is 0 Å². The van der Waals surface area contributed by atoms with Crippen LogP contribution in [0.2, 0.25) is 0 Å². The number of aromatic nitrogens is 2. The number of carbonyl (C=O) groups is 1. The molecule has 0 aliphatic heterocycles. The zero-order valence-electron chi connectivity index (χ0n) is 10.3. The van der Waals surface area contributed by atoms with E-state index in [-0.39, 0.29) is 25.1 Å². The van der Waals surface area contributed by atoms with Crippen LogP contribution in [0.25, 0.3) is 11.0 Å². The summed E-state index contributed by atoms with van der Waals surface area (Å²) < 4.78 is 1.80. The molecule has 18 heavy (non-hydrogen) atoms. The largest absolute Gasteiger partial charge is 0.394 e. The number of para-hydroxylation sites is 2. The lowest BCUT2D eigenvalue weighted by atomic mass is 10.2. The maximum Gasteiger partial charge on any atom is 0.240 e. The predicted octanol–water partition coefficient (Wildman–Crippen LogP) is 0.923. The third kappa shape index (κ3) is 2.68. The minimum atomic E-state index is -0.174. The van der Waals surface area contributed by atoms with E-state index in [9.17, 15) is 4.79 Å². The number of benzene rings is 1. The molecular weight excluding hydrogens is 230 g/mol. The zero-order valence-corrected chi connectivity index (χ0v) is 10.3. The summed E-state index contributed by atoms with van der Waals surface area (Å²) >= 11 is 0. The molecule has 0 spiro atoms. The minimum absolute atomic E-state index is 0.0348. The van der Waals surface area contributed by atoms with Crippen molar-refractivity contribution in [3.63, 3.8) is 0 Å². The van der Waals surface area contributed by atoms with E-state index in [1.54, 1.807) is 10.9 Å². The van der Waals surface area contributed by atoms with E-state index in [0.717, 1.165) is 11.0 Å².